The molecule has 2 aliphatic rings. The van der Waals surface area contributed by atoms with E-state index in [0.717, 1.165) is 50.4 Å². The number of ether oxygens (including phenoxy) is 1. The number of hydrogen-bond donors (Lipinski definition) is 1. The van der Waals surface area contributed by atoms with Crippen molar-refractivity contribution in [2.75, 3.05) is 31.1 Å². The number of nitrogens with zero attached hydrogens (tertiary/aromatic N) is 3. The molecule has 6 nitrogen and oxygen atoms in total. The first kappa shape index (κ1) is 19.2. The molecule has 0 bridgehead atoms. The second-order valence-electron chi connectivity index (χ2n) is 8.27. The smallest absolute Gasteiger partial charge is 0.255 e. The highest BCUT2D eigenvalue weighted by Gasteiger charge is 2.27. The summed E-state index contributed by atoms with van der Waals surface area (Å²) in [5, 5.41) is 0. The number of H-pyrrole nitrogens is 1. The van der Waals surface area contributed by atoms with Crippen molar-refractivity contribution < 1.29 is 4.74 Å². The Morgan fingerprint density at radius 3 is 2.64 bits per heavy atom. The number of anilines is 1. The van der Waals surface area contributed by atoms with Gasteiger partial charge in [0.05, 0.1) is 17.9 Å². The lowest BCUT2D eigenvalue weighted by Gasteiger charge is -2.36. The molecule has 1 aromatic carbocycles. The van der Waals surface area contributed by atoms with Gasteiger partial charge >= 0.3 is 0 Å². The van der Waals surface area contributed by atoms with E-state index in [1.54, 1.807) is 0 Å². The molecule has 1 fully saturated rings. The summed E-state index contributed by atoms with van der Waals surface area (Å²) < 4.78 is 5.81. The van der Waals surface area contributed by atoms with Crippen molar-refractivity contribution in [1.82, 2.24) is 14.9 Å². The maximum absolute atomic E-state index is 12.7. The Hall–Kier alpha value is -2.18. The van der Waals surface area contributed by atoms with Gasteiger partial charge in [0.25, 0.3) is 5.56 Å². The van der Waals surface area contributed by atoms with Gasteiger partial charge in [0, 0.05) is 38.3 Å². The Kier molecular flexibility index (Phi) is 5.51. The molecular weight excluding hydrogens is 352 g/mol. The first-order valence-corrected chi connectivity index (χ1v) is 10.3. The monoisotopic (exact) mass is 382 g/mol. The average molecular weight is 383 g/mol. The number of nitrogens with one attached hydrogen (secondary N) is 1. The number of aromatic nitrogens is 2. The summed E-state index contributed by atoms with van der Waals surface area (Å²) in [6, 6.07) is 10.6. The van der Waals surface area contributed by atoms with E-state index in [1.807, 2.05) is 0 Å². The Labute approximate surface area is 166 Å². The third-order valence-electron chi connectivity index (χ3n) is 5.76. The topological polar surface area (TPSA) is 61.5 Å². The predicted octanol–water partition coefficient (Wildman–Crippen LogP) is 2.55. The first-order chi connectivity index (χ1) is 13.5. The Bertz CT molecular complexity index is 857. The molecule has 3 atom stereocenters. The van der Waals surface area contributed by atoms with Gasteiger partial charge in [-0.05, 0) is 31.7 Å². The Balaban J connectivity index is 1.51. The van der Waals surface area contributed by atoms with Crippen molar-refractivity contribution in [2.45, 2.75) is 51.9 Å². The predicted molar refractivity (Wildman–Crippen MR) is 111 cm³/mol. The third kappa shape index (κ3) is 4.13. The van der Waals surface area contributed by atoms with E-state index in [2.05, 4.69) is 65.9 Å². The maximum Gasteiger partial charge on any atom is 0.255 e. The summed E-state index contributed by atoms with van der Waals surface area (Å²) >= 11 is 0. The quantitative estimate of drug-likeness (QED) is 0.881. The van der Waals surface area contributed by atoms with Crippen molar-refractivity contribution in [3.8, 4) is 0 Å². The van der Waals surface area contributed by atoms with Crippen LogP contribution in [-0.2, 0) is 17.7 Å². The van der Waals surface area contributed by atoms with Crippen LogP contribution in [0.4, 0.5) is 5.95 Å². The van der Waals surface area contributed by atoms with Gasteiger partial charge < -0.3 is 9.64 Å². The van der Waals surface area contributed by atoms with Gasteiger partial charge in [-0.1, -0.05) is 37.3 Å². The van der Waals surface area contributed by atoms with E-state index in [1.165, 1.54) is 5.56 Å². The SMILES string of the molecule is C[C@@H]1CN(c2nc3c(c(=O)[nH]2)CCN(C[C@H](C)c2ccccc2)C3)C[C@H](C)O1. The summed E-state index contributed by atoms with van der Waals surface area (Å²) in [6.07, 6.45) is 1.02. The van der Waals surface area contributed by atoms with Gasteiger partial charge in [-0.2, -0.15) is 0 Å². The fraction of sp³-hybridized carbons (Fsp3) is 0.545. The summed E-state index contributed by atoms with van der Waals surface area (Å²) in [5.41, 5.74) is 3.14. The molecule has 2 aromatic rings. The lowest BCUT2D eigenvalue weighted by molar-refractivity contribution is -0.00576. The molecule has 0 amide bonds. The molecule has 4 rings (SSSR count). The second kappa shape index (κ2) is 8.05. The minimum Gasteiger partial charge on any atom is -0.372 e. The van der Waals surface area contributed by atoms with Crippen LogP contribution in [0.25, 0.3) is 0 Å². The average Bonchev–Trinajstić information content (AvgIpc) is 2.67. The highest BCUT2D eigenvalue weighted by Crippen LogP contribution is 2.22. The first-order valence-electron chi connectivity index (χ1n) is 10.3. The number of morpholine rings is 1. The summed E-state index contributed by atoms with van der Waals surface area (Å²) in [4.78, 5) is 25.1. The molecule has 6 heteroatoms. The summed E-state index contributed by atoms with van der Waals surface area (Å²) in [6.45, 7) is 10.5. The van der Waals surface area contributed by atoms with Crippen LogP contribution in [0.1, 0.15) is 43.5 Å². The molecular formula is C22H30N4O2. The van der Waals surface area contributed by atoms with Crippen LogP contribution < -0.4 is 10.5 Å². The molecule has 28 heavy (non-hydrogen) atoms. The maximum atomic E-state index is 12.7. The van der Waals surface area contributed by atoms with Crippen molar-refractivity contribution in [3.05, 3.63) is 57.5 Å². The van der Waals surface area contributed by atoms with Crippen LogP contribution in [-0.4, -0.2) is 53.3 Å². The molecule has 0 unspecified atom stereocenters. The van der Waals surface area contributed by atoms with Crippen molar-refractivity contribution in [1.29, 1.82) is 0 Å². The van der Waals surface area contributed by atoms with Gasteiger partial charge in [-0.25, -0.2) is 4.98 Å². The lowest BCUT2D eigenvalue weighted by Crippen LogP contribution is -2.47. The van der Waals surface area contributed by atoms with E-state index in [4.69, 9.17) is 9.72 Å². The third-order valence-corrected chi connectivity index (χ3v) is 5.76. The molecule has 3 heterocycles. The number of fused-ring (bicyclic) bond motifs is 1. The highest BCUT2D eigenvalue weighted by atomic mass is 16.5. The second-order valence-corrected chi connectivity index (χ2v) is 8.27. The van der Waals surface area contributed by atoms with Gasteiger partial charge in [0.2, 0.25) is 5.95 Å². The molecule has 0 spiro atoms. The summed E-state index contributed by atoms with van der Waals surface area (Å²) in [5.74, 6) is 1.13. The van der Waals surface area contributed by atoms with Gasteiger partial charge in [-0.15, -0.1) is 0 Å². The molecule has 2 aliphatic heterocycles. The molecule has 150 valence electrons. The molecule has 0 radical (unpaired) electrons. The van der Waals surface area contributed by atoms with Crippen molar-refractivity contribution in [2.24, 2.45) is 0 Å². The fourth-order valence-corrected chi connectivity index (χ4v) is 4.41. The number of benzene rings is 1. The molecule has 0 aliphatic carbocycles. The molecule has 1 N–H and O–H groups in total. The molecule has 1 aromatic heterocycles. The van der Waals surface area contributed by atoms with E-state index in [-0.39, 0.29) is 17.8 Å². The van der Waals surface area contributed by atoms with E-state index < -0.39 is 0 Å². The normalized spacial score (nSPS) is 24.0. The van der Waals surface area contributed by atoms with Crippen LogP contribution in [0.3, 0.4) is 0 Å². The lowest BCUT2D eigenvalue weighted by atomic mass is 9.99. The zero-order chi connectivity index (χ0) is 19.7. The number of rotatable bonds is 4. The molecule has 1 saturated heterocycles. The highest BCUT2D eigenvalue weighted by molar-refractivity contribution is 5.35. The minimum atomic E-state index is 0.0163. The van der Waals surface area contributed by atoms with Gasteiger partial charge in [0.15, 0.2) is 0 Å². The standard InChI is InChI=1S/C22H30N4O2/c1-15(18-7-5-4-6-8-18)11-25-10-9-19-20(14-25)23-22(24-21(19)27)26-12-16(2)28-17(3)13-26/h4-8,15-17H,9-14H2,1-3H3,(H,23,24,27)/t15-,16-,17+/m0/s1. The minimum absolute atomic E-state index is 0.0163. The van der Waals surface area contributed by atoms with Crippen LogP contribution in [0.15, 0.2) is 35.1 Å². The van der Waals surface area contributed by atoms with Crippen LogP contribution >= 0.6 is 0 Å². The largest absolute Gasteiger partial charge is 0.372 e. The van der Waals surface area contributed by atoms with Crippen LogP contribution in [0, 0.1) is 0 Å². The zero-order valence-corrected chi connectivity index (χ0v) is 17.0. The zero-order valence-electron chi connectivity index (χ0n) is 17.0. The van der Waals surface area contributed by atoms with E-state index in [0.29, 0.717) is 11.9 Å². The summed E-state index contributed by atoms with van der Waals surface area (Å²) in [7, 11) is 0. The van der Waals surface area contributed by atoms with E-state index in [9.17, 15) is 4.79 Å². The van der Waals surface area contributed by atoms with Crippen LogP contribution in [0.2, 0.25) is 0 Å². The Morgan fingerprint density at radius 2 is 1.93 bits per heavy atom. The van der Waals surface area contributed by atoms with E-state index >= 15 is 0 Å². The number of hydrogen-bond acceptors (Lipinski definition) is 5. The van der Waals surface area contributed by atoms with Gasteiger partial charge in [0.1, 0.15) is 0 Å². The fourth-order valence-electron chi connectivity index (χ4n) is 4.41. The van der Waals surface area contributed by atoms with Crippen molar-refractivity contribution in [3.63, 3.8) is 0 Å². The van der Waals surface area contributed by atoms with Gasteiger partial charge in [-0.3, -0.25) is 14.7 Å². The van der Waals surface area contributed by atoms with Crippen molar-refractivity contribution >= 4 is 5.95 Å². The molecule has 0 saturated carbocycles. The number of aromatic amines is 1. The van der Waals surface area contributed by atoms with Crippen LogP contribution in [0.5, 0.6) is 0 Å². The Morgan fingerprint density at radius 1 is 1.21 bits per heavy atom.